The van der Waals surface area contributed by atoms with Gasteiger partial charge >= 0.3 is 0 Å². The first-order chi connectivity index (χ1) is 5.17. The Labute approximate surface area is 66.9 Å². The van der Waals surface area contributed by atoms with E-state index in [0.717, 1.165) is 5.56 Å². The first kappa shape index (κ1) is 8.24. The highest BCUT2D eigenvalue weighted by atomic mass is 16.3. The predicted molar refractivity (Wildman–Crippen MR) is 45.1 cm³/mol. The maximum Gasteiger partial charge on any atom is 0.139 e. The van der Waals surface area contributed by atoms with Crippen molar-refractivity contribution in [1.29, 1.82) is 0 Å². The van der Waals surface area contributed by atoms with Gasteiger partial charge in [-0.25, -0.2) is 0 Å². The molecule has 0 amide bonds. The minimum absolute atomic E-state index is 0.877. The highest BCUT2D eigenvalue weighted by Crippen LogP contribution is 2.15. The SMILES string of the molecule is CNC(C)(O)c1ccccc1. The van der Waals surface area contributed by atoms with Crippen LogP contribution in [0.5, 0.6) is 0 Å². The zero-order chi connectivity index (χ0) is 8.32. The molecule has 1 unspecified atom stereocenters. The van der Waals surface area contributed by atoms with Crippen LogP contribution in [0.15, 0.2) is 30.3 Å². The molecule has 0 bridgehead atoms. The lowest BCUT2D eigenvalue weighted by Gasteiger charge is -2.22. The monoisotopic (exact) mass is 151 g/mol. The number of nitrogens with one attached hydrogen (secondary N) is 1. The number of rotatable bonds is 2. The van der Waals surface area contributed by atoms with Gasteiger partial charge in [-0.05, 0) is 19.5 Å². The summed E-state index contributed by atoms with van der Waals surface area (Å²) in [6, 6.07) is 9.50. The highest BCUT2D eigenvalue weighted by molar-refractivity contribution is 5.20. The normalized spacial score (nSPS) is 15.9. The van der Waals surface area contributed by atoms with E-state index in [0.29, 0.717) is 0 Å². The summed E-state index contributed by atoms with van der Waals surface area (Å²) in [5.41, 5.74) is -0.0381. The highest BCUT2D eigenvalue weighted by Gasteiger charge is 2.18. The topological polar surface area (TPSA) is 32.3 Å². The van der Waals surface area contributed by atoms with Crippen LogP contribution in [0.3, 0.4) is 0 Å². The van der Waals surface area contributed by atoms with Gasteiger partial charge in [0.15, 0.2) is 0 Å². The fraction of sp³-hybridized carbons (Fsp3) is 0.333. The van der Waals surface area contributed by atoms with Gasteiger partial charge in [-0.2, -0.15) is 0 Å². The van der Waals surface area contributed by atoms with Crippen LogP contribution in [0, 0.1) is 0 Å². The van der Waals surface area contributed by atoms with Gasteiger partial charge in [0.05, 0.1) is 0 Å². The van der Waals surface area contributed by atoms with Crippen LogP contribution in [0.25, 0.3) is 0 Å². The molecular weight excluding hydrogens is 138 g/mol. The molecule has 11 heavy (non-hydrogen) atoms. The summed E-state index contributed by atoms with van der Waals surface area (Å²) in [6.07, 6.45) is 0. The van der Waals surface area contributed by atoms with Gasteiger partial charge < -0.3 is 5.11 Å². The van der Waals surface area contributed by atoms with Gasteiger partial charge in [0, 0.05) is 0 Å². The fourth-order valence-electron chi connectivity index (χ4n) is 0.907. The molecule has 2 N–H and O–H groups in total. The summed E-state index contributed by atoms with van der Waals surface area (Å²) in [5, 5.41) is 12.5. The van der Waals surface area contributed by atoms with Gasteiger partial charge in [0.1, 0.15) is 5.72 Å². The Balaban J connectivity index is 2.93. The summed E-state index contributed by atoms with van der Waals surface area (Å²) in [7, 11) is 1.73. The van der Waals surface area contributed by atoms with Gasteiger partial charge in [-0.1, -0.05) is 30.3 Å². The molecule has 2 nitrogen and oxygen atoms in total. The first-order valence-electron chi connectivity index (χ1n) is 3.63. The molecule has 0 aliphatic carbocycles. The van der Waals surface area contributed by atoms with Crippen LogP contribution in [-0.4, -0.2) is 12.2 Å². The molecule has 0 saturated heterocycles. The molecule has 1 aromatic rings. The Hall–Kier alpha value is -0.860. The average molecular weight is 151 g/mol. The molecular formula is C9H13NO. The number of benzene rings is 1. The van der Waals surface area contributed by atoms with Crippen molar-refractivity contribution in [3.63, 3.8) is 0 Å². The molecule has 0 aliphatic rings. The van der Waals surface area contributed by atoms with E-state index in [1.807, 2.05) is 30.3 Å². The van der Waals surface area contributed by atoms with Gasteiger partial charge in [0.2, 0.25) is 0 Å². The molecule has 60 valence electrons. The third kappa shape index (κ3) is 1.79. The Morgan fingerprint density at radius 1 is 1.27 bits per heavy atom. The van der Waals surface area contributed by atoms with Crippen molar-refractivity contribution in [1.82, 2.24) is 5.32 Å². The zero-order valence-corrected chi connectivity index (χ0v) is 6.83. The van der Waals surface area contributed by atoms with Gasteiger partial charge in [-0.15, -0.1) is 0 Å². The van der Waals surface area contributed by atoms with Crippen molar-refractivity contribution in [3.05, 3.63) is 35.9 Å². The van der Waals surface area contributed by atoms with E-state index in [1.165, 1.54) is 0 Å². The zero-order valence-electron chi connectivity index (χ0n) is 6.83. The summed E-state index contributed by atoms with van der Waals surface area (Å²) < 4.78 is 0. The predicted octanol–water partition coefficient (Wildman–Crippen LogP) is 1.07. The lowest BCUT2D eigenvalue weighted by Crippen LogP contribution is -2.36. The summed E-state index contributed by atoms with van der Waals surface area (Å²) >= 11 is 0. The molecule has 2 heteroatoms. The first-order valence-corrected chi connectivity index (χ1v) is 3.63. The third-order valence-corrected chi connectivity index (χ3v) is 1.82. The molecule has 1 aromatic carbocycles. The van der Waals surface area contributed by atoms with Gasteiger partial charge in [0.25, 0.3) is 0 Å². The minimum Gasteiger partial charge on any atom is -0.372 e. The van der Waals surface area contributed by atoms with Crippen LogP contribution in [0.1, 0.15) is 12.5 Å². The van der Waals surface area contributed by atoms with Crippen molar-refractivity contribution < 1.29 is 5.11 Å². The maximum absolute atomic E-state index is 9.68. The lowest BCUT2D eigenvalue weighted by molar-refractivity contribution is 0.0282. The van der Waals surface area contributed by atoms with Crippen molar-refractivity contribution in [3.8, 4) is 0 Å². The standard InChI is InChI=1S/C9H13NO/c1-9(11,10-2)8-6-4-3-5-7-8/h3-7,10-11H,1-2H3. The van der Waals surface area contributed by atoms with Crippen LogP contribution < -0.4 is 5.32 Å². The second kappa shape index (κ2) is 3.03. The fourth-order valence-corrected chi connectivity index (χ4v) is 0.907. The Morgan fingerprint density at radius 3 is 2.27 bits per heavy atom. The Kier molecular flexibility index (Phi) is 2.27. The molecule has 0 radical (unpaired) electrons. The molecule has 1 atom stereocenters. The molecule has 0 spiro atoms. The van der Waals surface area contributed by atoms with E-state index in [2.05, 4.69) is 5.32 Å². The van der Waals surface area contributed by atoms with Crippen molar-refractivity contribution in [2.24, 2.45) is 0 Å². The maximum atomic E-state index is 9.68. The molecule has 0 fully saturated rings. The summed E-state index contributed by atoms with van der Waals surface area (Å²) in [6.45, 7) is 1.72. The van der Waals surface area contributed by atoms with Crippen molar-refractivity contribution >= 4 is 0 Å². The molecule has 0 aliphatic heterocycles. The molecule has 0 heterocycles. The van der Waals surface area contributed by atoms with E-state index in [9.17, 15) is 5.11 Å². The van der Waals surface area contributed by atoms with E-state index in [1.54, 1.807) is 14.0 Å². The molecule has 0 saturated carbocycles. The summed E-state index contributed by atoms with van der Waals surface area (Å²) in [5.74, 6) is 0. The van der Waals surface area contributed by atoms with Crippen LogP contribution in [0.4, 0.5) is 0 Å². The van der Waals surface area contributed by atoms with Crippen molar-refractivity contribution in [2.45, 2.75) is 12.6 Å². The largest absolute Gasteiger partial charge is 0.372 e. The molecule has 0 aromatic heterocycles. The average Bonchev–Trinajstić information content (AvgIpc) is 2.06. The van der Waals surface area contributed by atoms with Gasteiger partial charge in [-0.3, -0.25) is 5.32 Å². The second-order valence-electron chi connectivity index (χ2n) is 2.69. The minimum atomic E-state index is -0.915. The van der Waals surface area contributed by atoms with E-state index < -0.39 is 5.72 Å². The van der Waals surface area contributed by atoms with Crippen molar-refractivity contribution in [2.75, 3.05) is 7.05 Å². The summed E-state index contributed by atoms with van der Waals surface area (Å²) in [4.78, 5) is 0. The Bertz CT molecular complexity index is 218. The number of hydrogen-bond acceptors (Lipinski definition) is 2. The van der Waals surface area contributed by atoms with Crippen LogP contribution >= 0.6 is 0 Å². The third-order valence-electron chi connectivity index (χ3n) is 1.82. The van der Waals surface area contributed by atoms with Crippen LogP contribution in [-0.2, 0) is 5.72 Å². The molecule has 1 rings (SSSR count). The Morgan fingerprint density at radius 2 is 1.82 bits per heavy atom. The second-order valence-corrected chi connectivity index (χ2v) is 2.69. The quantitative estimate of drug-likeness (QED) is 0.620. The number of hydrogen-bond donors (Lipinski definition) is 2. The van der Waals surface area contributed by atoms with E-state index in [-0.39, 0.29) is 0 Å². The number of aliphatic hydroxyl groups is 1. The van der Waals surface area contributed by atoms with E-state index >= 15 is 0 Å². The van der Waals surface area contributed by atoms with Crippen LogP contribution in [0.2, 0.25) is 0 Å². The smallest absolute Gasteiger partial charge is 0.139 e. The lowest BCUT2D eigenvalue weighted by atomic mass is 10.1. The van der Waals surface area contributed by atoms with E-state index in [4.69, 9.17) is 0 Å².